The van der Waals surface area contributed by atoms with E-state index in [0.29, 0.717) is 4.60 Å². The SMILES string of the molecule is C[C@@H](O)[C@@H](N)c1cccnc1Br. The van der Waals surface area contributed by atoms with Crippen LogP contribution in [0, 0.1) is 0 Å². The molecule has 1 aromatic heterocycles. The van der Waals surface area contributed by atoms with Crippen LogP contribution in [0.5, 0.6) is 0 Å². The monoisotopic (exact) mass is 230 g/mol. The molecule has 66 valence electrons. The van der Waals surface area contributed by atoms with Crippen LogP contribution in [0.15, 0.2) is 22.9 Å². The summed E-state index contributed by atoms with van der Waals surface area (Å²) >= 11 is 3.26. The number of aromatic nitrogens is 1. The molecule has 2 atom stereocenters. The smallest absolute Gasteiger partial charge is 0.110 e. The zero-order valence-electron chi connectivity index (χ0n) is 6.74. The van der Waals surface area contributed by atoms with Gasteiger partial charge in [0.15, 0.2) is 0 Å². The fraction of sp³-hybridized carbons (Fsp3) is 0.375. The number of aliphatic hydroxyl groups excluding tert-OH is 1. The summed E-state index contributed by atoms with van der Waals surface area (Å²) in [7, 11) is 0. The van der Waals surface area contributed by atoms with Gasteiger partial charge in [-0.3, -0.25) is 0 Å². The van der Waals surface area contributed by atoms with Gasteiger partial charge in [-0.15, -0.1) is 0 Å². The lowest BCUT2D eigenvalue weighted by molar-refractivity contribution is 0.164. The highest BCUT2D eigenvalue weighted by atomic mass is 79.9. The highest BCUT2D eigenvalue weighted by Gasteiger charge is 2.14. The molecule has 0 unspecified atom stereocenters. The fourth-order valence-corrected chi connectivity index (χ4v) is 1.42. The first kappa shape index (κ1) is 9.64. The van der Waals surface area contributed by atoms with E-state index in [4.69, 9.17) is 5.73 Å². The summed E-state index contributed by atoms with van der Waals surface area (Å²) < 4.78 is 0.693. The Morgan fingerprint density at radius 3 is 2.83 bits per heavy atom. The number of nitrogens with two attached hydrogens (primary N) is 1. The number of nitrogens with zero attached hydrogens (tertiary/aromatic N) is 1. The van der Waals surface area contributed by atoms with E-state index >= 15 is 0 Å². The molecule has 0 aliphatic heterocycles. The van der Waals surface area contributed by atoms with E-state index in [1.54, 1.807) is 19.2 Å². The first-order chi connectivity index (χ1) is 5.63. The predicted molar refractivity (Wildman–Crippen MR) is 50.5 cm³/mol. The van der Waals surface area contributed by atoms with E-state index in [0.717, 1.165) is 5.56 Å². The molecule has 0 saturated carbocycles. The largest absolute Gasteiger partial charge is 0.391 e. The molecule has 1 rings (SSSR count). The van der Waals surface area contributed by atoms with Crippen LogP contribution < -0.4 is 5.73 Å². The molecule has 12 heavy (non-hydrogen) atoms. The molecule has 0 aromatic carbocycles. The van der Waals surface area contributed by atoms with Gasteiger partial charge in [0.25, 0.3) is 0 Å². The van der Waals surface area contributed by atoms with Crippen molar-refractivity contribution in [3.63, 3.8) is 0 Å². The van der Waals surface area contributed by atoms with Gasteiger partial charge in [-0.2, -0.15) is 0 Å². The van der Waals surface area contributed by atoms with Gasteiger partial charge < -0.3 is 10.8 Å². The third kappa shape index (κ3) is 2.03. The van der Waals surface area contributed by atoms with Gasteiger partial charge in [0.05, 0.1) is 12.1 Å². The van der Waals surface area contributed by atoms with Crippen molar-refractivity contribution in [2.24, 2.45) is 5.73 Å². The molecule has 4 heteroatoms. The van der Waals surface area contributed by atoms with E-state index in [1.165, 1.54) is 0 Å². The second kappa shape index (κ2) is 3.98. The van der Waals surface area contributed by atoms with Gasteiger partial charge in [0.2, 0.25) is 0 Å². The van der Waals surface area contributed by atoms with Gasteiger partial charge in [-0.25, -0.2) is 4.98 Å². The average molecular weight is 231 g/mol. The number of pyridine rings is 1. The third-order valence-electron chi connectivity index (χ3n) is 1.67. The topological polar surface area (TPSA) is 59.1 Å². The molecule has 0 aliphatic rings. The summed E-state index contributed by atoms with van der Waals surface area (Å²) in [5.41, 5.74) is 6.55. The van der Waals surface area contributed by atoms with E-state index in [1.807, 2.05) is 6.07 Å². The first-order valence-corrected chi connectivity index (χ1v) is 4.46. The molecule has 0 fully saturated rings. The fourth-order valence-electron chi connectivity index (χ4n) is 0.907. The van der Waals surface area contributed by atoms with Crippen LogP contribution in [0.25, 0.3) is 0 Å². The maximum atomic E-state index is 9.23. The Hall–Kier alpha value is -0.450. The van der Waals surface area contributed by atoms with Crippen molar-refractivity contribution in [1.82, 2.24) is 4.98 Å². The molecular weight excluding hydrogens is 220 g/mol. The highest BCUT2D eigenvalue weighted by Crippen LogP contribution is 2.21. The minimum absolute atomic E-state index is 0.381. The summed E-state index contributed by atoms with van der Waals surface area (Å²) in [6.07, 6.45) is 1.10. The Balaban J connectivity index is 2.94. The van der Waals surface area contributed by atoms with Crippen LogP contribution in [0.1, 0.15) is 18.5 Å². The number of halogens is 1. The highest BCUT2D eigenvalue weighted by molar-refractivity contribution is 9.10. The van der Waals surface area contributed by atoms with Crippen LogP contribution in [0.2, 0.25) is 0 Å². The summed E-state index contributed by atoms with van der Waals surface area (Å²) in [6, 6.07) is 3.25. The van der Waals surface area contributed by atoms with Gasteiger partial charge in [0.1, 0.15) is 4.60 Å². The van der Waals surface area contributed by atoms with Gasteiger partial charge in [0, 0.05) is 11.8 Å². The Bertz CT molecular complexity index is 265. The van der Waals surface area contributed by atoms with Crippen molar-refractivity contribution in [3.05, 3.63) is 28.5 Å². The van der Waals surface area contributed by atoms with Crippen LogP contribution in [0.3, 0.4) is 0 Å². The number of aliphatic hydroxyl groups is 1. The lowest BCUT2D eigenvalue weighted by atomic mass is 10.1. The second-order valence-electron chi connectivity index (χ2n) is 2.65. The summed E-state index contributed by atoms with van der Waals surface area (Å²) in [6.45, 7) is 1.66. The van der Waals surface area contributed by atoms with Gasteiger partial charge >= 0.3 is 0 Å². The Labute approximate surface area is 79.7 Å². The maximum Gasteiger partial charge on any atom is 0.110 e. The Morgan fingerprint density at radius 1 is 1.67 bits per heavy atom. The molecular formula is C8H11BrN2O. The molecule has 0 aliphatic carbocycles. The van der Waals surface area contributed by atoms with Gasteiger partial charge in [-0.1, -0.05) is 6.07 Å². The summed E-state index contributed by atoms with van der Waals surface area (Å²) in [5.74, 6) is 0. The molecule has 3 N–H and O–H groups in total. The van der Waals surface area contributed by atoms with Crippen molar-refractivity contribution in [2.75, 3.05) is 0 Å². The zero-order valence-corrected chi connectivity index (χ0v) is 8.32. The van der Waals surface area contributed by atoms with E-state index < -0.39 is 6.10 Å². The Kier molecular flexibility index (Phi) is 3.20. The Morgan fingerprint density at radius 2 is 2.33 bits per heavy atom. The lowest BCUT2D eigenvalue weighted by Crippen LogP contribution is -2.23. The summed E-state index contributed by atoms with van der Waals surface area (Å²) in [4.78, 5) is 4.01. The molecule has 0 radical (unpaired) electrons. The average Bonchev–Trinajstić information content (AvgIpc) is 2.04. The minimum Gasteiger partial charge on any atom is -0.391 e. The molecule has 0 spiro atoms. The molecule has 0 saturated heterocycles. The normalized spacial score (nSPS) is 15.7. The summed E-state index contributed by atoms with van der Waals surface area (Å²) in [5, 5.41) is 9.23. The molecule has 1 aromatic rings. The van der Waals surface area contributed by atoms with Gasteiger partial charge in [-0.05, 0) is 28.9 Å². The van der Waals surface area contributed by atoms with Crippen LogP contribution >= 0.6 is 15.9 Å². The zero-order chi connectivity index (χ0) is 9.14. The molecule has 3 nitrogen and oxygen atoms in total. The van der Waals surface area contributed by atoms with E-state index in [-0.39, 0.29) is 6.04 Å². The van der Waals surface area contributed by atoms with Crippen LogP contribution in [-0.2, 0) is 0 Å². The standard InChI is InChI=1S/C8H11BrN2O/c1-5(12)7(10)6-3-2-4-11-8(6)9/h2-5,7,12H,10H2,1H3/t5-,7-/m1/s1. The quantitative estimate of drug-likeness (QED) is 0.752. The molecule has 1 heterocycles. The third-order valence-corrected chi connectivity index (χ3v) is 2.33. The second-order valence-corrected chi connectivity index (χ2v) is 3.40. The number of hydrogen-bond donors (Lipinski definition) is 2. The van der Waals surface area contributed by atoms with Crippen molar-refractivity contribution in [3.8, 4) is 0 Å². The van der Waals surface area contributed by atoms with E-state index in [9.17, 15) is 5.11 Å². The van der Waals surface area contributed by atoms with Crippen molar-refractivity contribution >= 4 is 15.9 Å². The molecule has 0 amide bonds. The lowest BCUT2D eigenvalue weighted by Gasteiger charge is -2.15. The van der Waals surface area contributed by atoms with Crippen molar-refractivity contribution in [1.29, 1.82) is 0 Å². The maximum absolute atomic E-state index is 9.23. The minimum atomic E-state index is -0.564. The first-order valence-electron chi connectivity index (χ1n) is 3.67. The molecule has 0 bridgehead atoms. The van der Waals surface area contributed by atoms with Crippen LogP contribution in [0.4, 0.5) is 0 Å². The number of hydrogen-bond acceptors (Lipinski definition) is 3. The van der Waals surface area contributed by atoms with E-state index in [2.05, 4.69) is 20.9 Å². The van der Waals surface area contributed by atoms with Crippen molar-refractivity contribution in [2.45, 2.75) is 19.1 Å². The van der Waals surface area contributed by atoms with Crippen molar-refractivity contribution < 1.29 is 5.11 Å². The van der Waals surface area contributed by atoms with Crippen LogP contribution in [-0.4, -0.2) is 16.2 Å². The number of rotatable bonds is 2. The predicted octanol–water partition coefficient (Wildman–Crippen LogP) is 1.22.